The van der Waals surface area contributed by atoms with Crippen LogP contribution in [0.5, 0.6) is 0 Å². The summed E-state index contributed by atoms with van der Waals surface area (Å²) in [5.74, 6) is 0. The molecule has 2 rings (SSSR count). The van der Waals surface area contributed by atoms with Gasteiger partial charge in [-0.1, -0.05) is 37.9 Å². The summed E-state index contributed by atoms with van der Waals surface area (Å²) in [5, 5.41) is 0. The number of hydrogen-bond donors (Lipinski definition) is 2. The molecule has 4 nitrogen and oxygen atoms in total. The minimum Gasteiger partial charge on any atom is -0.392 e. The molecule has 0 bridgehead atoms. The maximum absolute atomic E-state index is 12.7. The molecule has 1 aromatic rings. The molecule has 1 aromatic heterocycles. The number of rotatable bonds is 4. The van der Waals surface area contributed by atoms with Gasteiger partial charge >= 0.3 is 0 Å². The maximum atomic E-state index is 12.7. The summed E-state index contributed by atoms with van der Waals surface area (Å²) in [7, 11) is -3.63. The molecular formula is C13H19BrN2O2S3. The molecule has 0 aliphatic heterocycles. The fraction of sp³-hybridized carbons (Fsp3) is 0.615. The second-order valence-corrected chi connectivity index (χ2v) is 10.2. The van der Waals surface area contributed by atoms with E-state index in [2.05, 4.69) is 20.7 Å². The van der Waals surface area contributed by atoms with Crippen LogP contribution in [0.1, 0.15) is 43.4 Å². The predicted molar refractivity (Wildman–Crippen MR) is 94.3 cm³/mol. The standard InChI is InChI=1S/C13H19BrN2O2S3/c1-9-10(8-11(14)20-9)21(17,18)16-13(12(15)19)6-4-2-3-5-7-13/h8,16H,2-7H2,1H3,(H2,15,19). The average molecular weight is 411 g/mol. The minimum atomic E-state index is -3.63. The molecule has 1 saturated carbocycles. The van der Waals surface area contributed by atoms with E-state index in [4.69, 9.17) is 18.0 Å². The van der Waals surface area contributed by atoms with Crippen molar-refractivity contribution in [2.24, 2.45) is 5.73 Å². The first kappa shape index (κ1) is 17.3. The van der Waals surface area contributed by atoms with E-state index >= 15 is 0 Å². The Morgan fingerprint density at radius 1 is 1.38 bits per heavy atom. The van der Waals surface area contributed by atoms with E-state index in [1.807, 2.05) is 0 Å². The summed E-state index contributed by atoms with van der Waals surface area (Å²) in [6.07, 6.45) is 5.40. The second-order valence-electron chi connectivity index (χ2n) is 5.44. The predicted octanol–water partition coefficient (Wildman–Crippen LogP) is 3.48. The molecule has 118 valence electrons. The number of hydrogen-bond acceptors (Lipinski definition) is 4. The molecule has 0 unspecified atom stereocenters. The van der Waals surface area contributed by atoms with Gasteiger partial charge in [0, 0.05) is 4.88 Å². The summed E-state index contributed by atoms with van der Waals surface area (Å²) >= 11 is 9.92. The molecule has 0 aromatic carbocycles. The summed E-state index contributed by atoms with van der Waals surface area (Å²) in [5.41, 5.74) is 5.11. The molecule has 3 N–H and O–H groups in total. The van der Waals surface area contributed by atoms with Gasteiger partial charge in [-0.3, -0.25) is 0 Å². The number of thiophene rings is 1. The Morgan fingerprint density at radius 3 is 2.38 bits per heavy atom. The van der Waals surface area contributed by atoms with Gasteiger partial charge in [0.1, 0.15) is 0 Å². The Hall–Kier alpha value is -0.0200. The van der Waals surface area contributed by atoms with Crippen LogP contribution in [0.4, 0.5) is 0 Å². The lowest BCUT2D eigenvalue weighted by atomic mass is 9.91. The Balaban J connectivity index is 2.36. The zero-order valence-electron chi connectivity index (χ0n) is 11.8. The lowest BCUT2D eigenvalue weighted by molar-refractivity contribution is 0.441. The van der Waals surface area contributed by atoms with E-state index in [1.54, 1.807) is 13.0 Å². The van der Waals surface area contributed by atoms with Crippen LogP contribution in [0.2, 0.25) is 0 Å². The van der Waals surface area contributed by atoms with E-state index in [0.717, 1.165) is 34.3 Å². The van der Waals surface area contributed by atoms with Crippen molar-refractivity contribution >= 4 is 54.5 Å². The highest BCUT2D eigenvalue weighted by atomic mass is 79.9. The van der Waals surface area contributed by atoms with E-state index in [-0.39, 0.29) is 4.99 Å². The lowest BCUT2D eigenvalue weighted by Gasteiger charge is -2.32. The van der Waals surface area contributed by atoms with Crippen LogP contribution in [-0.4, -0.2) is 18.9 Å². The van der Waals surface area contributed by atoms with Gasteiger partial charge in [0.2, 0.25) is 10.0 Å². The summed E-state index contributed by atoms with van der Waals surface area (Å²) in [6, 6.07) is 1.63. The first-order valence-electron chi connectivity index (χ1n) is 6.87. The lowest BCUT2D eigenvalue weighted by Crippen LogP contribution is -2.56. The van der Waals surface area contributed by atoms with Crippen molar-refractivity contribution in [2.45, 2.75) is 55.9 Å². The zero-order chi connectivity index (χ0) is 15.7. The SMILES string of the molecule is Cc1sc(Br)cc1S(=O)(=O)NC1(C(N)=S)CCCCCC1. The fourth-order valence-electron chi connectivity index (χ4n) is 2.74. The smallest absolute Gasteiger partial charge is 0.242 e. The van der Waals surface area contributed by atoms with E-state index in [1.165, 1.54) is 11.3 Å². The van der Waals surface area contributed by atoms with Crippen molar-refractivity contribution < 1.29 is 8.42 Å². The van der Waals surface area contributed by atoms with Crippen LogP contribution in [0.3, 0.4) is 0 Å². The maximum Gasteiger partial charge on any atom is 0.242 e. The van der Waals surface area contributed by atoms with Crippen LogP contribution >= 0.6 is 39.5 Å². The molecule has 0 amide bonds. The topological polar surface area (TPSA) is 72.2 Å². The third-order valence-corrected chi connectivity index (χ3v) is 7.63. The number of aryl methyl sites for hydroxylation is 1. The van der Waals surface area contributed by atoms with Crippen molar-refractivity contribution in [2.75, 3.05) is 0 Å². The van der Waals surface area contributed by atoms with Crippen LogP contribution in [-0.2, 0) is 10.0 Å². The Kier molecular flexibility index (Phi) is 5.46. The van der Waals surface area contributed by atoms with E-state index in [0.29, 0.717) is 17.7 Å². The summed E-state index contributed by atoms with van der Waals surface area (Å²) in [6.45, 7) is 1.80. The monoisotopic (exact) mass is 410 g/mol. The quantitative estimate of drug-likeness (QED) is 0.588. The Bertz CT molecular complexity index is 632. The summed E-state index contributed by atoms with van der Waals surface area (Å²) < 4.78 is 29.0. The zero-order valence-corrected chi connectivity index (χ0v) is 15.9. The number of thiocarbonyl (C=S) groups is 1. The van der Waals surface area contributed by atoms with Gasteiger partial charge < -0.3 is 5.73 Å². The molecule has 0 spiro atoms. The van der Waals surface area contributed by atoms with Gasteiger partial charge in [0.05, 0.1) is 19.2 Å². The molecule has 1 heterocycles. The fourth-order valence-corrected chi connectivity index (χ4v) is 6.92. The molecule has 8 heteroatoms. The largest absolute Gasteiger partial charge is 0.392 e. The Labute approximate surface area is 143 Å². The van der Waals surface area contributed by atoms with Gasteiger partial charge in [-0.05, 0) is 41.8 Å². The minimum absolute atomic E-state index is 0.250. The van der Waals surface area contributed by atoms with Crippen molar-refractivity contribution in [3.63, 3.8) is 0 Å². The number of halogens is 1. The van der Waals surface area contributed by atoms with E-state index < -0.39 is 15.6 Å². The van der Waals surface area contributed by atoms with Crippen molar-refractivity contribution in [3.8, 4) is 0 Å². The molecule has 21 heavy (non-hydrogen) atoms. The van der Waals surface area contributed by atoms with Crippen LogP contribution in [0.15, 0.2) is 14.7 Å². The molecule has 1 aliphatic carbocycles. The highest BCUT2D eigenvalue weighted by Crippen LogP contribution is 2.33. The van der Waals surface area contributed by atoms with Gasteiger partial charge in [-0.25, -0.2) is 8.42 Å². The van der Waals surface area contributed by atoms with Gasteiger partial charge in [0.15, 0.2) is 0 Å². The van der Waals surface area contributed by atoms with Crippen LogP contribution in [0, 0.1) is 6.92 Å². The molecule has 0 radical (unpaired) electrons. The summed E-state index contributed by atoms with van der Waals surface area (Å²) in [4.78, 5) is 1.31. The number of nitrogens with one attached hydrogen (secondary N) is 1. The van der Waals surface area contributed by atoms with Gasteiger partial charge in [0.25, 0.3) is 0 Å². The molecule has 0 saturated heterocycles. The van der Waals surface area contributed by atoms with Crippen LogP contribution in [0.25, 0.3) is 0 Å². The molecular weight excluding hydrogens is 392 g/mol. The van der Waals surface area contributed by atoms with Gasteiger partial charge in [-0.15, -0.1) is 11.3 Å². The van der Waals surface area contributed by atoms with Crippen molar-refractivity contribution in [1.29, 1.82) is 0 Å². The van der Waals surface area contributed by atoms with E-state index in [9.17, 15) is 8.42 Å². The second kappa shape index (κ2) is 6.62. The first-order chi connectivity index (χ1) is 9.77. The molecule has 0 atom stereocenters. The number of nitrogens with two attached hydrogens (primary N) is 1. The third-order valence-electron chi connectivity index (χ3n) is 3.89. The van der Waals surface area contributed by atoms with Crippen LogP contribution < -0.4 is 10.5 Å². The van der Waals surface area contributed by atoms with Gasteiger partial charge in [-0.2, -0.15) is 4.72 Å². The van der Waals surface area contributed by atoms with Crippen molar-refractivity contribution in [3.05, 3.63) is 14.7 Å². The first-order valence-corrected chi connectivity index (χ1v) is 10.4. The highest BCUT2D eigenvalue weighted by molar-refractivity contribution is 9.11. The Morgan fingerprint density at radius 2 is 1.95 bits per heavy atom. The molecule has 1 fully saturated rings. The number of sulfonamides is 1. The normalized spacial score (nSPS) is 19.1. The molecule has 1 aliphatic rings. The van der Waals surface area contributed by atoms with Crippen molar-refractivity contribution in [1.82, 2.24) is 4.72 Å². The highest BCUT2D eigenvalue weighted by Gasteiger charge is 2.39. The third kappa shape index (κ3) is 3.85. The average Bonchev–Trinajstić information content (AvgIpc) is 2.60.